The van der Waals surface area contributed by atoms with Crippen molar-refractivity contribution in [3.8, 4) is 0 Å². The van der Waals surface area contributed by atoms with E-state index >= 15 is 0 Å². The lowest BCUT2D eigenvalue weighted by atomic mass is 10.3. The molecule has 32 heavy (non-hydrogen) atoms. The quantitative estimate of drug-likeness (QED) is 0.432. The fourth-order valence-electron chi connectivity index (χ4n) is 3.77. The third-order valence-electron chi connectivity index (χ3n) is 5.60. The van der Waals surface area contributed by atoms with Gasteiger partial charge in [0.05, 0.1) is 60.0 Å². The Morgan fingerprint density at radius 1 is 1.22 bits per heavy atom. The van der Waals surface area contributed by atoms with Crippen molar-refractivity contribution in [3.63, 3.8) is 0 Å². The molecule has 6 rings (SSSR count). The van der Waals surface area contributed by atoms with Crippen molar-refractivity contribution in [2.24, 2.45) is 0 Å². The van der Waals surface area contributed by atoms with Crippen molar-refractivity contribution in [1.82, 2.24) is 39.1 Å². The number of pyridine rings is 1. The number of hydrogen-bond donors (Lipinski definition) is 1. The lowest BCUT2D eigenvalue weighted by molar-refractivity contribution is 0.0950. The van der Waals surface area contributed by atoms with Gasteiger partial charge in [-0.05, 0) is 37.1 Å². The molecule has 5 heterocycles. The average molecular weight is 447 g/mol. The smallest absolute Gasteiger partial charge is 0.254 e. The first-order valence-electron chi connectivity index (χ1n) is 10.4. The van der Waals surface area contributed by atoms with Gasteiger partial charge in [0, 0.05) is 23.3 Å². The van der Waals surface area contributed by atoms with Crippen LogP contribution in [-0.2, 0) is 13.1 Å². The van der Waals surface area contributed by atoms with Gasteiger partial charge in [0.1, 0.15) is 0 Å². The lowest BCUT2D eigenvalue weighted by Gasteiger charge is -2.02. The van der Waals surface area contributed by atoms with E-state index in [9.17, 15) is 4.79 Å². The van der Waals surface area contributed by atoms with Crippen LogP contribution in [0.15, 0.2) is 55.4 Å². The molecule has 0 unspecified atom stereocenters. The predicted octanol–water partition coefficient (Wildman–Crippen LogP) is 3.08. The van der Waals surface area contributed by atoms with Crippen molar-refractivity contribution in [3.05, 3.63) is 83.0 Å². The molecule has 0 aliphatic heterocycles. The molecule has 5 aromatic heterocycles. The fourth-order valence-corrected chi connectivity index (χ4v) is 3.93. The highest BCUT2D eigenvalue weighted by Gasteiger charge is 2.25. The lowest BCUT2D eigenvalue weighted by Crippen LogP contribution is -2.22. The Balaban J connectivity index is 1.13. The minimum Gasteiger partial charge on any atom is -0.346 e. The molecule has 1 N–H and O–H groups in total. The van der Waals surface area contributed by atoms with Gasteiger partial charge in [-0.15, -0.1) is 0 Å². The number of nitrogens with zero attached hydrogens (tertiary/aromatic N) is 7. The molecule has 10 heteroatoms. The molecule has 1 fully saturated rings. The third-order valence-corrected chi connectivity index (χ3v) is 5.84. The predicted molar refractivity (Wildman–Crippen MR) is 118 cm³/mol. The molecule has 160 valence electrons. The Hall–Kier alpha value is -3.72. The van der Waals surface area contributed by atoms with E-state index in [1.807, 2.05) is 33.4 Å². The van der Waals surface area contributed by atoms with Crippen molar-refractivity contribution >= 4 is 28.7 Å². The van der Waals surface area contributed by atoms with Crippen LogP contribution in [0.25, 0.3) is 11.2 Å². The Kier molecular flexibility index (Phi) is 4.43. The summed E-state index contributed by atoms with van der Waals surface area (Å²) in [7, 11) is 0. The number of carbonyl (C=O) groups is 1. The molecule has 1 saturated carbocycles. The molecule has 0 radical (unpaired) electrons. The molecule has 0 spiro atoms. The number of hydrogen-bond acceptors (Lipinski definition) is 5. The Labute approximate surface area is 187 Å². The molecule has 0 atom stereocenters. The van der Waals surface area contributed by atoms with Gasteiger partial charge in [-0.2, -0.15) is 10.2 Å². The van der Waals surface area contributed by atoms with Crippen LogP contribution in [0.3, 0.4) is 0 Å². The largest absolute Gasteiger partial charge is 0.346 e. The molecular formula is C22H19ClN8O. The van der Waals surface area contributed by atoms with Gasteiger partial charge in [0.15, 0.2) is 5.65 Å². The van der Waals surface area contributed by atoms with Crippen LogP contribution < -0.4 is 5.32 Å². The maximum atomic E-state index is 12.6. The van der Waals surface area contributed by atoms with E-state index in [4.69, 9.17) is 11.6 Å². The average Bonchev–Trinajstić information content (AvgIpc) is 3.21. The maximum absolute atomic E-state index is 12.6. The van der Waals surface area contributed by atoms with Crippen LogP contribution in [0.5, 0.6) is 0 Å². The number of fused-ring (bicyclic) bond motifs is 2. The summed E-state index contributed by atoms with van der Waals surface area (Å²) >= 11 is 6.08. The summed E-state index contributed by atoms with van der Waals surface area (Å²) in [5.41, 5.74) is 4.84. The summed E-state index contributed by atoms with van der Waals surface area (Å²) in [5.74, 6) is 0.375. The highest BCUT2D eigenvalue weighted by molar-refractivity contribution is 6.30. The molecule has 5 aromatic rings. The zero-order valence-corrected chi connectivity index (χ0v) is 17.8. The number of halogens is 1. The van der Waals surface area contributed by atoms with Crippen LogP contribution in [0.4, 0.5) is 0 Å². The van der Waals surface area contributed by atoms with E-state index in [2.05, 4.69) is 31.5 Å². The van der Waals surface area contributed by atoms with Crippen molar-refractivity contribution in [2.45, 2.75) is 31.8 Å². The highest BCUT2D eigenvalue weighted by atomic mass is 35.5. The summed E-state index contributed by atoms with van der Waals surface area (Å²) < 4.78 is 5.38. The van der Waals surface area contributed by atoms with E-state index in [0.29, 0.717) is 29.6 Å². The first kappa shape index (κ1) is 19.0. The van der Waals surface area contributed by atoms with E-state index in [0.717, 1.165) is 28.2 Å². The van der Waals surface area contributed by atoms with Gasteiger partial charge in [-0.3, -0.25) is 9.48 Å². The molecule has 1 aliphatic rings. The Morgan fingerprint density at radius 2 is 2.12 bits per heavy atom. The number of carbonyl (C=O) groups excluding carboxylic acids is 1. The topological polar surface area (TPSA) is 94.4 Å². The van der Waals surface area contributed by atoms with Crippen molar-refractivity contribution in [2.75, 3.05) is 0 Å². The van der Waals surface area contributed by atoms with E-state index in [1.165, 1.54) is 12.8 Å². The summed E-state index contributed by atoms with van der Waals surface area (Å²) in [6.07, 6.45) is 11.1. The summed E-state index contributed by atoms with van der Waals surface area (Å²) in [5, 5.41) is 12.5. The zero-order chi connectivity index (χ0) is 21.7. The van der Waals surface area contributed by atoms with Crippen molar-refractivity contribution in [1.29, 1.82) is 0 Å². The molecule has 0 aromatic carbocycles. The first-order chi connectivity index (χ1) is 15.6. The van der Waals surface area contributed by atoms with Crippen LogP contribution in [-0.4, -0.2) is 39.7 Å². The number of nitrogens with one attached hydrogen (secondary N) is 1. The van der Waals surface area contributed by atoms with Crippen LogP contribution in [0.2, 0.25) is 5.02 Å². The summed E-state index contributed by atoms with van der Waals surface area (Å²) in [6, 6.07) is 7.67. The summed E-state index contributed by atoms with van der Waals surface area (Å²) in [4.78, 5) is 21.6. The maximum Gasteiger partial charge on any atom is 0.254 e. The standard InChI is InChI=1S/C22H19ClN8O/c23-16-5-6-29-13-25-19(20(29)7-16)9-24-22(32)15-8-26-30(10-15)11-17-12-31-21(27-17)4-3-18(28-31)14-1-2-14/h3-8,10,12-14H,1-2,9,11H2,(H,24,32). The van der Waals surface area contributed by atoms with Gasteiger partial charge in [-0.25, -0.2) is 14.5 Å². The van der Waals surface area contributed by atoms with Crippen LogP contribution >= 0.6 is 11.6 Å². The number of imidazole rings is 2. The number of rotatable bonds is 6. The minimum atomic E-state index is -0.217. The Bertz CT molecular complexity index is 1460. The second-order valence-electron chi connectivity index (χ2n) is 8.01. The first-order valence-corrected chi connectivity index (χ1v) is 10.8. The monoisotopic (exact) mass is 446 g/mol. The summed E-state index contributed by atoms with van der Waals surface area (Å²) in [6.45, 7) is 0.752. The van der Waals surface area contributed by atoms with Crippen LogP contribution in [0, 0.1) is 0 Å². The molecule has 1 amide bonds. The van der Waals surface area contributed by atoms with Gasteiger partial charge in [0.25, 0.3) is 5.91 Å². The second-order valence-corrected chi connectivity index (χ2v) is 8.44. The Morgan fingerprint density at radius 3 is 3.00 bits per heavy atom. The number of amides is 1. The zero-order valence-electron chi connectivity index (χ0n) is 17.0. The normalized spacial score (nSPS) is 13.8. The second kappa shape index (κ2) is 7.45. The molecule has 0 bridgehead atoms. The van der Waals surface area contributed by atoms with Crippen molar-refractivity contribution < 1.29 is 4.79 Å². The fraction of sp³-hybridized carbons (Fsp3) is 0.227. The van der Waals surface area contributed by atoms with Gasteiger partial charge < -0.3 is 9.72 Å². The van der Waals surface area contributed by atoms with E-state index in [-0.39, 0.29) is 5.91 Å². The van der Waals surface area contributed by atoms with E-state index in [1.54, 1.807) is 29.5 Å². The van der Waals surface area contributed by atoms with Crippen LogP contribution in [0.1, 0.15) is 46.2 Å². The number of aromatic nitrogens is 7. The minimum absolute atomic E-state index is 0.217. The SMILES string of the molecule is O=C(NCc1ncn2ccc(Cl)cc12)c1cnn(Cc2cn3nc(C4CC4)ccc3n2)c1. The van der Waals surface area contributed by atoms with Gasteiger partial charge in [-0.1, -0.05) is 11.6 Å². The molecular weight excluding hydrogens is 428 g/mol. The third kappa shape index (κ3) is 3.60. The molecule has 1 aliphatic carbocycles. The molecule has 9 nitrogen and oxygen atoms in total. The molecule has 0 saturated heterocycles. The van der Waals surface area contributed by atoms with Gasteiger partial charge >= 0.3 is 0 Å². The van der Waals surface area contributed by atoms with E-state index < -0.39 is 0 Å². The highest BCUT2D eigenvalue weighted by Crippen LogP contribution is 2.38. The van der Waals surface area contributed by atoms with Gasteiger partial charge in [0.2, 0.25) is 0 Å².